The van der Waals surface area contributed by atoms with Crippen LogP contribution < -0.4 is 5.32 Å². The summed E-state index contributed by atoms with van der Waals surface area (Å²) in [5.74, 6) is 0.730. The SMILES string of the molecule is CC1=C2C=CCCC2CCNC1=O. The maximum Gasteiger partial charge on any atom is 0.247 e. The van der Waals surface area contributed by atoms with Crippen LogP contribution in [0.5, 0.6) is 0 Å². The van der Waals surface area contributed by atoms with Gasteiger partial charge in [-0.1, -0.05) is 12.2 Å². The van der Waals surface area contributed by atoms with E-state index in [2.05, 4.69) is 17.5 Å². The van der Waals surface area contributed by atoms with Crippen LogP contribution in [0.2, 0.25) is 0 Å². The molecule has 0 saturated heterocycles. The second-order valence-corrected chi connectivity index (χ2v) is 3.80. The number of nitrogens with one attached hydrogen (secondary N) is 1. The highest BCUT2D eigenvalue weighted by Gasteiger charge is 2.22. The van der Waals surface area contributed by atoms with Gasteiger partial charge in [-0.25, -0.2) is 0 Å². The minimum Gasteiger partial charge on any atom is -0.352 e. The van der Waals surface area contributed by atoms with E-state index in [0.29, 0.717) is 5.92 Å². The average molecular weight is 177 g/mol. The van der Waals surface area contributed by atoms with Crippen LogP contribution in [-0.2, 0) is 4.79 Å². The summed E-state index contributed by atoms with van der Waals surface area (Å²) in [6, 6.07) is 0. The van der Waals surface area contributed by atoms with E-state index in [1.165, 1.54) is 12.0 Å². The molecular weight excluding hydrogens is 162 g/mol. The summed E-state index contributed by atoms with van der Waals surface area (Å²) in [6.45, 7) is 2.76. The number of carbonyl (C=O) groups is 1. The Balaban J connectivity index is 2.38. The van der Waals surface area contributed by atoms with Crippen LogP contribution in [0, 0.1) is 5.92 Å². The van der Waals surface area contributed by atoms with Gasteiger partial charge in [-0.05, 0) is 37.7 Å². The first-order valence-corrected chi connectivity index (χ1v) is 4.94. The van der Waals surface area contributed by atoms with Gasteiger partial charge in [0.15, 0.2) is 0 Å². The Labute approximate surface area is 78.7 Å². The van der Waals surface area contributed by atoms with Crippen molar-refractivity contribution in [3.8, 4) is 0 Å². The van der Waals surface area contributed by atoms with Crippen molar-refractivity contribution in [1.29, 1.82) is 0 Å². The molecule has 0 aromatic heterocycles. The van der Waals surface area contributed by atoms with Crippen LogP contribution in [0.1, 0.15) is 26.2 Å². The lowest BCUT2D eigenvalue weighted by Gasteiger charge is -2.19. The fraction of sp³-hybridized carbons (Fsp3) is 0.545. The van der Waals surface area contributed by atoms with Crippen LogP contribution in [0.4, 0.5) is 0 Å². The fourth-order valence-corrected chi connectivity index (χ4v) is 2.15. The monoisotopic (exact) mass is 177 g/mol. The standard InChI is InChI=1S/C11H15NO/c1-8-10-5-3-2-4-9(10)6-7-12-11(8)13/h3,5,9H,2,4,6-7H2,1H3,(H,12,13). The lowest BCUT2D eigenvalue weighted by atomic mass is 9.85. The molecule has 1 aliphatic carbocycles. The van der Waals surface area contributed by atoms with Crippen molar-refractivity contribution in [1.82, 2.24) is 5.32 Å². The van der Waals surface area contributed by atoms with Gasteiger partial charge in [-0.15, -0.1) is 0 Å². The van der Waals surface area contributed by atoms with Gasteiger partial charge in [0.25, 0.3) is 0 Å². The Morgan fingerprint density at radius 3 is 3.15 bits per heavy atom. The van der Waals surface area contributed by atoms with Gasteiger partial charge < -0.3 is 5.32 Å². The number of amides is 1. The van der Waals surface area contributed by atoms with Crippen LogP contribution in [0.15, 0.2) is 23.3 Å². The van der Waals surface area contributed by atoms with Crippen molar-refractivity contribution < 1.29 is 4.79 Å². The molecule has 1 amide bonds. The van der Waals surface area contributed by atoms with Crippen molar-refractivity contribution in [2.24, 2.45) is 5.92 Å². The normalized spacial score (nSPS) is 28.1. The largest absolute Gasteiger partial charge is 0.352 e. The topological polar surface area (TPSA) is 29.1 Å². The maximum absolute atomic E-state index is 11.5. The molecular formula is C11H15NO. The molecule has 1 N–H and O–H groups in total. The third-order valence-corrected chi connectivity index (χ3v) is 2.97. The third kappa shape index (κ3) is 1.53. The van der Waals surface area contributed by atoms with E-state index in [1.54, 1.807) is 0 Å². The second kappa shape index (κ2) is 3.36. The average Bonchev–Trinajstić information content (AvgIpc) is 2.29. The highest BCUT2D eigenvalue weighted by molar-refractivity contribution is 5.94. The van der Waals surface area contributed by atoms with Gasteiger partial charge in [-0.3, -0.25) is 4.79 Å². The predicted molar refractivity (Wildman–Crippen MR) is 52.2 cm³/mol. The van der Waals surface area contributed by atoms with E-state index in [0.717, 1.165) is 25.0 Å². The molecule has 0 aromatic rings. The number of rotatable bonds is 0. The fourth-order valence-electron chi connectivity index (χ4n) is 2.15. The number of hydrogen-bond acceptors (Lipinski definition) is 1. The Morgan fingerprint density at radius 2 is 2.31 bits per heavy atom. The molecule has 2 nitrogen and oxygen atoms in total. The third-order valence-electron chi connectivity index (χ3n) is 2.97. The minimum absolute atomic E-state index is 0.115. The molecule has 1 heterocycles. The molecule has 0 radical (unpaired) electrons. The lowest BCUT2D eigenvalue weighted by molar-refractivity contribution is -0.117. The summed E-state index contributed by atoms with van der Waals surface area (Å²) in [4.78, 5) is 11.5. The van der Waals surface area contributed by atoms with Crippen molar-refractivity contribution >= 4 is 5.91 Å². The Kier molecular flexibility index (Phi) is 2.21. The molecule has 0 saturated carbocycles. The van der Waals surface area contributed by atoms with Crippen LogP contribution in [-0.4, -0.2) is 12.5 Å². The molecule has 2 aliphatic rings. The molecule has 2 heteroatoms. The molecule has 0 aromatic carbocycles. The summed E-state index contributed by atoms with van der Waals surface area (Å²) in [5.41, 5.74) is 2.18. The zero-order valence-electron chi connectivity index (χ0n) is 7.97. The first-order chi connectivity index (χ1) is 6.29. The van der Waals surface area contributed by atoms with Crippen LogP contribution in [0.25, 0.3) is 0 Å². The molecule has 1 unspecified atom stereocenters. The molecule has 1 atom stereocenters. The van der Waals surface area contributed by atoms with Crippen molar-refractivity contribution in [3.63, 3.8) is 0 Å². The van der Waals surface area contributed by atoms with Crippen molar-refractivity contribution in [2.45, 2.75) is 26.2 Å². The van der Waals surface area contributed by atoms with Gasteiger partial charge in [0.05, 0.1) is 0 Å². The number of allylic oxidation sites excluding steroid dienone is 3. The van der Waals surface area contributed by atoms with Crippen molar-refractivity contribution in [3.05, 3.63) is 23.3 Å². The molecule has 0 fully saturated rings. The number of hydrogen-bond donors (Lipinski definition) is 1. The summed E-state index contributed by atoms with van der Waals surface area (Å²) in [5, 5.41) is 2.92. The molecule has 0 spiro atoms. The zero-order chi connectivity index (χ0) is 9.26. The van der Waals surface area contributed by atoms with E-state index in [-0.39, 0.29) is 5.91 Å². The highest BCUT2D eigenvalue weighted by Crippen LogP contribution is 2.30. The quantitative estimate of drug-likeness (QED) is 0.600. The summed E-state index contributed by atoms with van der Waals surface area (Å²) in [7, 11) is 0. The van der Waals surface area contributed by atoms with Crippen LogP contribution in [0.3, 0.4) is 0 Å². The van der Waals surface area contributed by atoms with Gasteiger partial charge >= 0.3 is 0 Å². The first-order valence-electron chi connectivity index (χ1n) is 4.94. The smallest absolute Gasteiger partial charge is 0.247 e. The predicted octanol–water partition coefficient (Wildman–Crippen LogP) is 1.79. The summed E-state index contributed by atoms with van der Waals surface area (Å²) in [6.07, 6.45) is 7.78. The molecule has 1 aliphatic heterocycles. The first kappa shape index (κ1) is 8.54. The van der Waals surface area contributed by atoms with E-state index < -0.39 is 0 Å². The van der Waals surface area contributed by atoms with E-state index in [1.807, 2.05) is 6.92 Å². The lowest BCUT2D eigenvalue weighted by Crippen LogP contribution is -2.23. The van der Waals surface area contributed by atoms with E-state index in [4.69, 9.17) is 0 Å². The minimum atomic E-state index is 0.115. The second-order valence-electron chi connectivity index (χ2n) is 3.80. The van der Waals surface area contributed by atoms with Gasteiger partial charge in [-0.2, -0.15) is 0 Å². The van der Waals surface area contributed by atoms with E-state index in [9.17, 15) is 4.79 Å². The molecule has 2 rings (SSSR count). The van der Waals surface area contributed by atoms with Gasteiger partial charge in [0.2, 0.25) is 5.91 Å². The summed E-state index contributed by atoms with van der Waals surface area (Å²) < 4.78 is 0. The molecule has 13 heavy (non-hydrogen) atoms. The van der Waals surface area contributed by atoms with Crippen LogP contribution >= 0.6 is 0 Å². The Hall–Kier alpha value is -1.05. The summed E-state index contributed by atoms with van der Waals surface area (Å²) >= 11 is 0. The van der Waals surface area contributed by atoms with Gasteiger partial charge in [0, 0.05) is 12.1 Å². The van der Waals surface area contributed by atoms with Crippen molar-refractivity contribution in [2.75, 3.05) is 6.54 Å². The van der Waals surface area contributed by atoms with Gasteiger partial charge in [0.1, 0.15) is 0 Å². The Morgan fingerprint density at radius 1 is 1.46 bits per heavy atom. The number of carbonyl (C=O) groups excluding carboxylic acids is 1. The molecule has 70 valence electrons. The van der Waals surface area contributed by atoms with E-state index >= 15 is 0 Å². The Bertz CT molecular complexity index is 288. The molecule has 0 bridgehead atoms. The number of fused-ring (bicyclic) bond motifs is 1. The maximum atomic E-state index is 11.5. The highest BCUT2D eigenvalue weighted by atomic mass is 16.1. The zero-order valence-corrected chi connectivity index (χ0v) is 7.97.